The summed E-state index contributed by atoms with van der Waals surface area (Å²) in [6, 6.07) is 3.99. The van der Waals surface area contributed by atoms with Crippen molar-refractivity contribution in [3.8, 4) is 0 Å². The van der Waals surface area contributed by atoms with Gasteiger partial charge in [-0.1, -0.05) is 6.07 Å². The Balaban J connectivity index is 1.55. The number of ether oxygens (including phenoxy) is 1. The van der Waals surface area contributed by atoms with E-state index in [1.807, 2.05) is 0 Å². The first-order valence-electron chi connectivity index (χ1n) is 9.74. The number of aryl methyl sites for hydroxylation is 1. The Morgan fingerprint density at radius 2 is 1.97 bits per heavy atom. The number of benzene rings is 1. The van der Waals surface area contributed by atoms with Crippen LogP contribution in [-0.2, 0) is 34.3 Å². The molecule has 2 bridgehead atoms. The third-order valence-electron chi connectivity index (χ3n) is 6.81. The van der Waals surface area contributed by atoms with Crippen LogP contribution < -0.4 is 5.32 Å². The van der Waals surface area contributed by atoms with Gasteiger partial charge in [0.25, 0.3) is 0 Å². The number of rotatable bonds is 3. The second-order valence-corrected chi connectivity index (χ2v) is 8.56. The van der Waals surface area contributed by atoms with Gasteiger partial charge in [0, 0.05) is 36.3 Å². The lowest BCUT2D eigenvalue weighted by molar-refractivity contribution is -0.143. The minimum Gasteiger partial charge on any atom is -0.390 e. The number of aromatic nitrogens is 2. The first-order valence-corrected chi connectivity index (χ1v) is 9.74. The highest BCUT2D eigenvalue weighted by atomic mass is 19.4. The summed E-state index contributed by atoms with van der Waals surface area (Å²) in [6.45, 7) is 0. The number of carbonyl (C=O) groups is 1. The highest BCUT2D eigenvalue weighted by Crippen LogP contribution is 2.78. The van der Waals surface area contributed by atoms with Gasteiger partial charge in [0.05, 0.1) is 29.3 Å². The molecule has 172 valence electrons. The number of nitrogens with one attached hydrogen (secondary N) is 1. The number of hydrogen-bond donors (Lipinski definition) is 2. The lowest BCUT2D eigenvalue weighted by Gasteiger charge is -2.29. The fraction of sp³-hybridized carbons (Fsp3) is 0.500. The van der Waals surface area contributed by atoms with Crippen LogP contribution in [0.1, 0.15) is 29.7 Å². The van der Waals surface area contributed by atoms with Gasteiger partial charge >= 0.3 is 12.4 Å². The molecule has 3 fully saturated rings. The zero-order valence-corrected chi connectivity index (χ0v) is 16.5. The van der Waals surface area contributed by atoms with Crippen molar-refractivity contribution < 1.29 is 41.0 Å². The minimum atomic E-state index is -4.80. The standard InChI is InChI=1S/C20H17F6N3O3/c1-29-7-11(14(28-29)20(24,25)26)17-8-18(17,13-6-12(30)15(17)32-13)16(31)27-10-4-2-3-9(5-10)19(21,22)23/h2-5,7,12-13,15,30H,6,8H2,1H3,(H,27,31)/t12-,13+,15-,17+,18+/m0/s1. The molecule has 2 saturated heterocycles. The summed E-state index contributed by atoms with van der Waals surface area (Å²) in [5.74, 6) is -0.742. The summed E-state index contributed by atoms with van der Waals surface area (Å²) in [5, 5.41) is 16.3. The molecule has 0 radical (unpaired) electrons. The average Bonchev–Trinajstić information content (AvgIpc) is 2.91. The van der Waals surface area contributed by atoms with Crippen molar-refractivity contribution in [2.24, 2.45) is 12.5 Å². The van der Waals surface area contributed by atoms with E-state index in [1.54, 1.807) is 0 Å². The van der Waals surface area contributed by atoms with Crippen LogP contribution in [0.3, 0.4) is 0 Å². The molecule has 12 heteroatoms. The van der Waals surface area contributed by atoms with Crippen LogP contribution in [0.2, 0.25) is 0 Å². The van der Waals surface area contributed by atoms with Gasteiger partial charge in [-0.3, -0.25) is 9.48 Å². The van der Waals surface area contributed by atoms with Crippen LogP contribution in [0.25, 0.3) is 0 Å². The number of amides is 1. The highest BCUT2D eigenvalue weighted by Gasteiger charge is 2.88. The zero-order valence-electron chi connectivity index (χ0n) is 16.5. The van der Waals surface area contributed by atoms with E-state index in [2.05, 4.69) is 10.4 Å². The number of fused-ring (bicyclic) bond motifs is 5. The van der Waals surface area contributed by atoms with Crippen molar-refractivity contribution in [3.05, 3.63) is 47.3 Å². The van der Waals surface area contributed by atoms with E-state index >= 15 is 0 Å². The van der Waals surface area contributed by atoms with Gasteiger partial charge in [-0.25, -0.2) is 0 Å². The van der Waals surface area contributed by atoms with Crippen molar-refractivity contribution in [2.45, 2.75) is 48.9 Å². The Kier molecular flexibility index (Phi) is 4.15. The Hall–Kier alpha value is -2.60. The van der Waals surface area contributed by atoms with Crippen LogP contribution >= 0.6 is 0 Å². The second-order valence-electron chi connectivity index (χ2n) is 8.56. The Bertz CT molecular complexity index is 1110. The quantitative estimate of drug-likeness (QED) is 0.689. The minimum absolute atomic E-state index is 0.0358. The molecule has 5 atom stereocenters. The topological polar surface area (TPSA) is 76.4 Å². The molecule has 1 aromatic heterocycles. The fourth-order valence-electron chi connectivity index (χ4n) is 5.54. The molecule has 3 aliphatic rings. The molecule has 2 N–H and O–H groups in total. The maximum absolute atomic E-state index is 13.7. The summed E-state index contributed by atoms with van der Waals surface area (Å²) in [5.41, 5.74) is -5.45. The van der Waals surface area contributed by atoms with Gasteiger partial charge in [0.15, 0.2) is 5.69 Å². The SMILES string of the molecule is Cn1cc([C@@]23C[C@]2(C(=O)Nc2cccc(C(F)(F)F)c2)[C@H]2C[C@H](O)[C@@H]3O2)c(C(F)(F)F)n1. The first kappa shape index (κ1) is 21.3. The van der Waals surface area contributed by atoms with Gasteiger partial charge in [-0.05, 0) is 24.6 Å². The third kappa shape index (κ3) is 2.68. The average molecular weight is 461 g/mol. The molecule has 0 unspecified atom stereocenters. The van der Waals surface area contributed by atoms with Gasteiger partial charge in [-0.15, -0.1) is 0 Å². The predicted molar refractivity (Wildman–Crippen MR) is 96.3 cm³/mol. The molecule has 1 amide bonds. The van der Waals surface area contributed by atoms with E-state index in [0.717, 1.165) is 22.9 Å². The summed E-state index contributed by atoms with van der Waals surface area (Å²) in [4.78, 5) is 13.3. The molecule has 2 aliphatic heterocycles. The molecular weight excluding hydrogens is 444 g/mol. The van der Waals surface area contributed by atoms with Crippen LogP contribution in [0, 0.1) is 5.41 Å². The molecule has 2 aromatic rings. The summed E-state index contributed by atoms with van der Waals surface area (Å²) in [7, 11) is 1.31. The molecule has 6 nitrogen and oxygen atoms in total. The molecular formula is C20H17F6N3O3. The maximum atomic E-state index is 13.7. The molecule has 1 saturated carbocycles. The first-order chi connectivity index (χ1) is 14.8. The number of hydrogen-bond acceptors (Lipinski definition) is 4. The number of anilines is 1. The Morgan fingerprint density at radius 1 is 1.25 bits per heavy atom. The Morgan fingerprint density at radius 3 is 2.62 bits per heavy atom. The van der Waals surface area contributed by atoms with Crippen molar-refractivity contribution >= 4 is 11.6 Å². The van der Waals surface area contributed by atoms with E-state index in [0.29, 0.717) is 0 Å². The predicted octanol–water partition coefficient (Wildman–Crippen LogP) is 3.26. The smallest absolute Gasteiger partial charge is 0.390 e. The molecule has 3 heterocycles. The van der Waals surface area contributed by atoms with E-state index in [-0.39, 0.29) is 24.1 Å². The van der Waals surface area contributed by atoms with Crippen LogP contribution in [-0.4, -0.2) is 39.1 Å². The van der Waals surface area contributed by atoms with E-state index in [1.165, 1.54) is 19.3 Å². The molecule has 32 heavy (non-hydrogen) atoms. The lowest BCUT2D eigenvalue weighted by atomic mass is 9.73. The number of aliphatic hydroxyl groups is 1. The molecule has 1 aliphatic carbocycles. The van der Waals surface area contributed by atoms with Crippen LogP contribution in [0.15, 0.2) is 30.5 Å². The molecule has 1 aromatic carbocycles. The zero-order chi connectivity index (χ0) is 23.3. The van der Waals surface area contributed by atoms with E-state index < -0.39 is 58.7 Å². The van der Waals surface area contributed by atoms with E-state index in [4.69, 9.17) is 4.74 Å². The van der Waals surface area contributed by atoms with E-state index in [9.17, 15) is 36.2 Å². The third-order valence-corrected chi connectivity index (χ3v) is 6.81. The molecule has 0 spiro atoms. The summed E-state index contributed by atoms with van der Waals surface area (Å²) >= 11 is 0. The highest BCUT2D eigenvalue weighted by molar-refractivity contribution is 6.01. The second kappa shape index (κ2) is 6.25. The number of carbonyl (C=O) groups excluding carboxylic acids is 1. The van der Waals surface area contributed by atoms with Crippen molar-refractivity contribution in [2.75, 3.05) is 5.32 Å². The number of halogens is 6. The summed E-state index contributed by atoms with van der Waals surface area (Å²) in [6.07, 6.45) is -11.2. The van der Waals surface area contributed by atoms with Gasteiger partial charge in [0.2, 0.25) is 5.91 Å². The number of nitrogens with zero attached hydrogens (tertiary/aromatic N) is 2. The normalized spacial score (nSPS) is 33.3. The fourth-order valence-corrected chi connectivity index (χ4v) is 5.54. The summed E-state index contributed by atoms with van der Waals surface area (Å²) < 4.78 is 86.8. The van der Waals surface area contributed by atoms with Crippen molar-refractivity contribution in [1.29, 1.82) is 0 Å². The number of alkyl halides is 6. The Labute approximate surface area is 177 Å². The van der Waals surface area contributed by atoms with Gasteiger partial charge in [0.1, 0.15) is 0 Å². The van der Waals surface area contributed by atoms with Crippen LogP contribution in [0.4, 0.5) is 32.0 Å². The van der Waals surface area contributed by atoms with Crippen LogP contribution in [0.5, 0.6) is 0 Å². The maximum Gasteiger partial charge on any atom is 0.435 e. The lowest BCUT2D eigenvalue weighted by Crippen LogP contribution is -2.45. The molecule has 5 rings (SSSR count). The van der Waals surface area contributed by atoms with Gasteiger partial charge < -0.3 is 15.2 Å². The largest absolute Gasteiger partial charge is 0.435 e. The van der Waals surface area contributed by atoms with Crippen molar-refractivity contribution in [3.63, 3.8) is 0 Å². The van der Waals surface area contributed by atoms with Crippen molar-refractivity contribution in [1.82, 2.24) is 9.78 Å². The monoisotopic (exact) mass is 461 g/mol. The van der Waals surface area contributed by atoms with Gasteiger partial charge in [-0.2, -0.15) is 31.4 Å². The number of aliphatic hydroxyl groups excluding tert-OH is 1.